The molecular formula is C14H21BrClNS. The Morgan fingerprint density at radius 3 is 2.67 bits per heavy atom. The van der Waals surface area contributed by atoms with Gasteiger partial charge in [0.15, 0.2) is 0 Å². The lowest BCUT2D eigenvalue weighted by atomic mass is 9.78. The van der Waals surface area contributed by atoms with E-state index in [1.807, 2.05) is 0 Å². The number of halogens is 2. The molecule has 1 heterocycles. The van der Waals surface area contributed by atoms with Crippen LogP contribution in [-0.2, 0) is 6.42 Å². The van der Waals surface area contributed by atoms with Gasteiger partial charge in [-0.05, 0) is 73.1 Å². The molecule has 0 unspecified atom stereocenters. The van der Waals surface area contributed by atoms with Crippen molar-refractivity contribution < 1.29 is 0 Å². The van der Waals surface area contributed by atoms with Crippen LogP contribution in [0.3, 0.4) is 0 Å². The zero-order valence-electron chi connectivity index (χ0n) is 10.9. The highest BCUT2D eigenvalue weighted by molar-refractivity contribution is 9.11. The van der Waals surface area contributed by atoms with Crippen LogP contribution in [-0.4, -0.2) is 13.6 Å². The van der Waals surface area contributed by atoms with Gasteiger partial charge in [0.1, 0.15) is 0 Å². The molecule has 0 aromatic carbocycles. The Hall–Kier alpha value is 0.430. The fraction of sp³-hybridized carbons (Fsp3) is 0.714. The largest absolute Gasteiger partial charge is 0.320 e. The topological polar surface area (TPSA) is 12.0 Å². The molecule has 0 bridgehead atoms. The second kappa shape index (κ2) is 6.74. The molecule has 4 heteroatoms. The van der Waals surface area contributed by atoms with E-state index >= 15 is 0 Å². The maximum Gasteiger partial charge on any atom is 0.0887 e. The van der Waals surface area contributed by atoms with E-state index in [0.717, 1.165) is 15.4 Å². The predicted octanol–water partition coefficient (Wildman–Crippen LogP) is 5.27. The van der Waals surface area contributed by atoms with Crippen LogP contribution in [0.25, 0.3) is 0 Å². The molecule has 1 N–H and O–H groups in total. The Morgan fingerprint density at radius 2 is 2.11 bits per heavy atom. The molecule has 0 radical (unpaired) electrons. The Labute approximate surface area is 127 Å². The minimum absolute atomic E-state index is 0.589. The molecule has 0 spiro atoms. The van der Waals surface area contributed by atoms with Crippen molar-refractivity contribution in [2.45, 2.75) is 44.9 Å². The van der Waals surface area contributed by atoms with Gasteiger partial charge in [0, 0.05) is 4.88 Å². The van der Waals surface area contributed by atoms with Crippen molar-refractivity contribution in [1.82, 2.24) is 5.32 Å². The third-order valence-electron chi connectivity index (χ3n) is 4.17. The number of nitrogens with one attached hydrogen (secondary N) is 1. The standard InChI is InChI=1S/C14H21BrClNS/c1-17-9-8-14(5-2-3-6-14)7-4-11-10-12(16)13(15)18-11/h10,17H,2-9H2,1H3. The Bertz CT molecular complexity index is 366. The molecular weight excluding hydrogens is 330 g/mol. The maximum absolute atomic E-state index is 6.10. The van der Waals surface area contributed by atoms with Gasteiger partial charge in [0.2, 0.25) is 0 Å². The van der Waals surface area contributed by atoms with Crippen LogP contribution in [0.1, 0.15) is 43.4 Å². The molecule has 0 atom stereocenters. The maximum atomic E-state index is 6.10. The third kappa shape index (κ3) is 3.72. The highest BCUT2D eigenvalue weighted by Gasteiger charge is 2.32. The van der Waals surface area contributed by atoms with Crippen molar-refractivity contribution >= 4 is 38.9 Å². The summed E-state index contributed by atoms with van der Waals surface area (Å²) < 4.78 is 1.08. The molecule has 18 heavy (non-hydrogen) atoms. The van der Waals surface area contributed by atoms with Crippen molar-refractivity contribution in [3.05, 3.63) is 19.8 Å². The molecule has 1 saturated carbocycles. The van der Waals surface area contributed by atoms with E-state index in [4.69, 9.17) is 11.6 Å². The van der Waals surface area contributed by atoms with Crippen molar-refractivity contribution in [1.29, 1.82) is 0 Å². The smallest absolute Gasteiger partial charge is 0.0887 e. The summed E-state index contributed by atoms with van der Waals surface area (Å²) in [6.45, 7) is 1.15. The van der Waals surface area contributed by atoms with Gasteiger partial charge in [-0.15, -0.1) is 11.3 Å². The first-order valence-corrected chi connectivity index (χ1v) is 8.72. The molecule has 0 aliphatic heterocycles. The van der Waals surface area contributed by atoms with Gasteiger partial charge in [-0.2, -0.15) is 0 Å². The fourth-order valence-electron chi connectivity index (χ4n) is 3.04. The molecule has 1 aromatic rings. The highest BCUT2D eigenvalue weighted by atomic mass is 79.9. The predicted molar refractivity (Wildman–Crippen MR) is 84.8 cm³/mol. The lowest BCUT2D eigenvalue weighted by Gasteiger charge is -2.29. The minimum atomic E-state index is 0.589. The first-order chi connectivity index (χ1) is 8.65. The van der Waals surface area contributed by atoms with Crippen LogP contribution < -0.4 is 5.32 Å². The Morgan fingerprint density at radius 1 is 1.39 bits per heavy atom. The lowest BCUT2D eigenvalue weighted by Crippen LogP contribution is -2.23. The Balaban J connectivity index is 1.93. The molecule has 0 amide bonds. The number of thiophene rings is 1. The SMILES string of the molecule is CNCCC1(CCc2cc(Cl)c(Br)s2)CCCC1. The van der Waals surface area contributed by atoms with E-state index in [1.54, 1.807) is 11.3 Å². The van der Waals surface area contributed by atoms with Gasteiger partial charge in [0.25, 0.3) is 0 Å². The van der Waals surface area contributed by atoms with Crippen LogP contribution >= 0.6 is 38.9 Å². The van der Waals surface area contributed by atoms with Gasteiger partial charge in [-0.3, -0.25) is 0 Å². The summed E-state index contributed by atoms with van der Waals surface area (Å²) in [5, 5.41) is 4.17. The molecule has 102 valence electrons. The van der Waals surface area contributed by atoms with Gasteiger partial charge >= 0.3 is 0 Å². The second-order valence-electron chi connectivity index (χ2n) is 5.40. The van der Waals surface area contributed by atoms with Gasteiger partial charge in [0.05, 0.1) is 8.81 Å². The number of hydrogen-bond donors (Lipinski definition) is 1. The summed E-state index contributed by atoms with van der Waals surface area (Å²) in [6, 6.07) is 2.12. The van der Waals surface area contributed by atoms with E-state index in [-0.39, 0.29) is 0 Å². The normalized spacial score (nSPS) is 18.4. The summed E-state index contributed by atoms with van der Waals surface area (Å²) in [7, 11) is 2.05. The van der Waals surface area contributed by atoms with E-state index < -0.39 is 0 Å². The van der Waals surface area contributed by atoms with E-state index in [2.05, 4.69) is 34.4 Å². The van der Waals surface area contributed by atoms with Crippen LogP contribution in [0.2, 0.25) is 5.02 Å². The monoisotopic (exact) mass is 349 g/mol. The average molecular weight is 351 g/mol. The van der Waals surface area contributed by atoms with Gasteiger partial charge < -0.3 is 5.32 Å². The van der Waals surface area contributed by atoms with Crippen molar-refractivity contribution in [3.63, 3.8) is 0 Å². The van der Waals surface area contributed by atoms with Crippen molar-refractivity contribution in [2.24, 2.45) is 5.41 Å². The summed E-state index contributed by atoms with van der Waals surface area (Å²) in [5.41, 5.74) is 0.589. The number of aryl methyl sites for hydroxylation is 1. The molecule has 1 nitrogen and oxygen atoms in total. The zero-order valence-corrected chi connectivity index (χ0v) is 14.1. The quantitative estimate of drug-likeness (QED) is 0.737. The van der Waals surface area contributed by atoms with Gasteiger partial charge in [-0.25, -0.2) is 0 Å². The van der Waals surface area contributed by atoms with E-state index in [1.165, 1.54) is 49.8 Å². The van der Waals surface area contributed by atoms with E-state index in [9.17, 15) is 0 Å². The third-order valence-corrected chi connectivity index (χ3v) is 6.70. The first-order valence-electron chi connectivity index (χ1n) is 6.73. The molecule has 1 aliphatic rings. The molecule has 1 fully saturated rings. The Kier molecular flexibility index (Phi) is 5.55. The van der Waals surface area contributed by atoms with Crippen LogP contribution in [0.4, 0.5) is 0 Å². The molecule has 2 rings (SSSR count). The van der Waals surface area contributed by atoms with Gasteiger partial charge in [-0.1, -0.05) is 24.4 Å². The first kappa shape index (κ1) is 14.8. The molecule has 1 aliphatic carbocycles. The average Bonchev–Trinajstić information content (AvgIpc) is 2.94. The van der Waals surface area contributed by atoms with Crippen molar-refractivity contribution in [2.75, 3.05) is 13.6 Å². The summed E-state index contributed by atoms with van der Waals surface area (Å²) in [6.07, 6.45) is 9.47. The van der Waals surface area contributed by atoms with Crippen LogP contribution in [0, 0.1) is 5.41 Å². The highest BCUT2D eigenvalue weighted by Crippen LogP contribution is 2.45. The van der Waals surface area contributed by atoms with E-state index in [0.29, 0.717) is 5.41 Å². The number of hydrogen-bond acceptors (Lipinski definition) is 2. The zero-order chi connectivity index (χ0) is 13.0. The summed E-state index contributed by atoms with van der Waals surface area (Å²) >= 11 is 11.4. The van der Waals surface area contributed by atoms with Crippen LogP contribution in [0.5, 0.6) is 0 Å². The van der Waals surface area contributed by atoms with Crippen molar-refractivity contribution in [3.8, 4) is 0 Å². The molecule has 0 saturated heterocycles. The fourth-order valence-corrected chi connectivity index (χ4v) is 4.86. The summed E-state index contributed by atoms with van der Waals surface area (Å²) in [4.78, 5) is 1.42. The minimum Gasteiger partial charge on any atom is -0.320 e. The number of rotatable bonds is 6. The molecule has 1 aromatic heterocycles. The second-order valence-corrected chi connectivity index (χ2v) is 8.26. The lowest BCUT2D eigenvalue weighted by molar-refractivity contribution is 0.248. The summed E-state index contributed by atoms with van der Waals surface area (Å²) in [5.74, 6) is 0. The van der Waals surface area contributed by atoms with Crippen LogP contribution in [0.15, 0.2) is 9.85 Å².